The van der Waals surface area contributed by atoms with Gasteiger partial charge in [-0.05, 0) is 20.8 Å². The maximum Gasteiger partial charge on any atom is 0.246 e. The predicted octanol–water partition coefficient (Wildman–Crippen LogP) is 0.396. The van der Waals surface area contributed by atoms with E-state index in [0.717, 1.165) is 0 Å². The van der Waals surface area contributed by atoms with Gasteiger partial charge in [0.1, 0.15) is 6.61 Å². The molecule has 0 heterocycles. The van der Waals surface area contributed by atoms with E-state index in [1.165, 1.54) is 4.90 Å². The first-order valence-corrected chi connectivity index (χ1v) is 5.33. The van der Waals surface area contributed by atoms with Crippen molar-refractivity contribution in [3.63, 3.8) is 0 Å². The molecule has 2 amide bonds. The number of hydrogen-bond donors (Lipinski definition) is 1. The minimum atomic E-state index is -0.323. The van der Waals surface area contributed by atoms with Gasteiger partial charge in [-0.1, -0.05) is 0 Å². The van der Waals surface area contributed by atoms with Crippen LogP contribution in [0.1, 0.15) is 27.2 Å². The Balaban J connectivity index is 3.63. The van der Waals surface area contributed by atoms with Gasteiger partial charge in [0.25, 0.3) is 0 Å². The number of amides is 2. The van der Waals surface area contributed by atoms with Gasteiger partial charge in [-0.25, -0.2) is 0 Å². The lowest BCUT2D eigenvalue weighted by Gasteiger charge is -2.19. The Hall–Kier alpha value is -1.10. The van der Waals surface area contributed by atoms with Crippen LogP contribution in [0, 0.1) is 0 Å². The third-order valence-electron chi connectivity index (χ3n) is 1.80. The van der Waals surface area contributed by atoms with Gasteiger partial charge in [0, 0.05) is 27.1 Å². The summed E-state index contributed by atoms with van der Waals surface area (Å²) >= 11 is 0. The fourth-order valence-electron chi connectivity index (χ4n) is 0.866. The van der Waals surface area contributed by atoms with E-state index in [1.807, 2.05) is 20.8 Å². The minimum absolute atomic E-state index is 0.00274. The monoisotopic (exact) mass is 230 g/mol. The normalized spacial score (nSPS) is 11.1. The van der Waals surface area contributed by atoms with Crippen LogP contribution in [-0.2, 0) is 14.3 Å². The Labute approximate surface area is 97.1 Å². The van der Waals surface area contributed by atoms with E-state index in [9.17, 15) is 9.59 Å². The van der Waals surface area contributed by atoms with Crippen LogP contribution in [0.2, 0.25) is 0 Å². The molecule has 0 aromatic rings. The number of hydrogen-bond acceptors (Lipinski definition) is 3. The summed E-state index contributed by atoms with van der Waals surface area (Å²) < 4.78 is 5.29. The topological polar surface area (TPSA) is 58.6 Å². The van der Waals surface area contributed by atoms with Crippen LogP contribution < -0.4 is 5.32 Å². The van der Waals surface area contributed by atoms with Crippen molar-refractivity contribution in [2.75, 3.05) is 27.2 Å². The molecule has 5 heteroatoms. The van der Waals surface area contributed by atoms with Crippen molar-refractivity contribution in [1.82, 2.24) is 10.2 Å². The van der Waals surface area contributed by atoms with Crippen LogP contribution >= 0.6 is 0 Å². The van der Waals surface area contributed by atoms with Gasteiger partial charge in [-0.3, -0.25) is 9.59 Å². The van der Waals surface area contributed by atoms with Gasteiger partial charge < -0.3 is 15.0 Å². The quantitative estimate of drug-likeness (QED) is 0.743. The first-order chi connectivity index (χ1) is 7.22. The second-order valence-electron chi connectivity index (χ2n) is 4.79. The van der Waals surface area contributed by atoms with Crippen LogP contribution in [0.25, 0.3) is 0 Å². The van der Waals surface area contributed by atoms with Crippen molar-refractivity contribution in [2.45, 2.75) is 32.8 Å². The maximum absolute atomic E-state index is 11.3. The Morgan fingerprint density at radius 1 is 1.25 bits per heavy atom. The number of rotatable bonds is 5. The predicted molar refractivity (Wildman–Crippen MR) is 62.0 cm³/mol. The second kappa shape index (κ2) is 6.48. The number of nitrogens with one attached hydrogen (secondary N) is 1. The summed E-state index contributed by atoms with van der Waals surface area (Å²) in [6.45, 7) is 6.03. The highest BCUT2D eigenvalue weighted by atomic mass is 16.5. The molecule has 0 aliphatic heterocycles. The van der Waals surface area contributed by atoms with Crippen LogP contribution in [0.3, 0.4) is 0 Å². The van der Waals surface area contributed by atoms with E-state index in [4.69, 9.17) is 4.74 Å². The largest absolute Gasteiger partial charge is 0.366 e. The van der Waals surface area contributed by atoms with E-state index < -0.39 is 0 Å². The number of carbonyl (C=O) groups excluding carboxylic acids is 2. The summed E-state index contributed by atoms with van der Waals surface area (Å²) in [6, 6.07) is 0. The van der Waals surface area contributed by atoms with Crippen LogP contribution in [0.15, 0.2) is 0 Å². The smallest absolute Gasteiger partial charge is 0.246 e. The van der Waals surface area contributed by atoms with Crippen molar-refractivity contribution in [3.05, 3.63) is 0 Å². The van der Waals surface area contributed by atoms with Crippen molar-refractivity contribution in [1.29, 1.82) is 0 Å². The van der Waals surface area contributed by atoms with Crippen molar-refractivity contribution >= 4 is 11.8 Å². The van der Waals surface area contributed by atoms with E-state index in [1.54, 1.807) is 14.1 Å². The zero-order chi connectivity index (χ0) is 12.8. The standard InChI is InChI=1S/C11H22N2O3/c1-11(2,3)16-8-9(14)12-7-6-10(15)13(4)5/h6-8H2,1-5H3,(H,12,14). The fraction of sp³-hybridized carbons (Fsp3) is 0.818. The molecule has 0 aliphatic rings. The summed E-state index contributed by atoms with van der Waals surface area (Å²) in [4.78, 5) is 24.0. The van der Waals surface area contributed by atoms with Crippen molar-refractivity contribution < 1.29 is 14.3 Å². The van der Waals surface area contributed by atoms with Gasteiger partial charge in [0.15, 0.2) is 0 Å². The first kappa shape index (κ1) is 14.9. The third-order valence-corrected chi connectivity index (χ3v) is 1.80. The lowest BCUT2D eigenvalue weighted by Crippen LogP contribution is -2.34. The zero-order valence-corrected chi connectivity index (χ0v) is 10.8. The molecule has 0 saturated carbocycles. The fourth-order valence-corrected chi connectivity index (χ4v) is 0.866. The van der Waals surface area contributed by atoms with E-state index in [-0.39, 0.29) is 24.0 Å². The molecule has 0 rings (SSSR count). The molecular weight excluding hydrogens is 208 g/mol. The molecule has 0 aromatic heterocycles. The molecular formula is C11H22N2O3. The zero-order valence-electron chi connectivity index (χ0n) is 10.8. The molecule has 0 aliphatic carbocycles. The van der Waals surface area contributed by atoms with Crippen LogP contribution in [0.4, 0.5) is 0 Å². The molecule has 0 aromatic carbocycles. The van der Waals surface area contributed by atoms with Crippen LogP contribution in [0.5, 0.6) is 0 Å². The summed E-state index contributed by atoms with van der Waals surface area (Å²) in [5, 5.41) is 2.63. The average molecular weight is 230 g/mol. The molecule has 1 N–H and O–H groups in total. The Morgan fingerprint density at radius 2 is 1.81 bits per heavy atom. The molecule has 0 radical (unpaired) electrons. The Bertz CT molecular complexity index is 244. The number of carbonyl (C=O) groups is 2. The molecule has 0 saturated heterocycles. The van der Waals surface area contributed by atoms with Crippen molar-refractivity contribution in [3.8, 4) is 0 Å². The van der Waals surface area contributed by atoms with Crippen LogP contribution in [-0.4, -0.2) is 49.6 Å². The van der Waals surface area contributed by atoms with Gasteiger partial charge in [0.05, 0.1) is 5.60 Å². The van der Waals surface area contributed by atoms with Gasteiger partial charge in [-0.15, -0.1) is 0 Å². The van der Waals surface area contributed by atoms with E-state index >= 15 is 0 Å². The molecule has 0 spiro atoms. The Morgan fingerprint density at radius 3 is 2.25 bits per heavy atom. The highest BCUT2D eigenvalue weighted by molar-refractivity contribution is 5.79. The number of nitrogens with zero attached hydrogens (tertiary/aromatic N) is 1. The minimum Gasteiger partial charge on any atom is -0.366 e. The summed E-state index contributed by atoms with van der Waals surface area (Å²) in [7, 11) is 3.37. The molecule has 16 heavy (non-hydrogen) atoms. The summed E-state index contributed by atoms with van der Waals surface area (Å²) in [5.41, 5.74) is -0.323. The molecule has 94 valence electrons. The van der Waals surface area contributed by atoms with E-state index in [0.29, 0.717) is 13.0 Å². The lowest BCUT2D eigenvalue weighted by atomic mass is 10.2. The first-order valence-electron chi connectivity index (χ1n) is 5.33. The van der Waals surface area contributed by atoms with Gasteiger partial charge in [-0.2, -0.15) is 0 Å². The second-order valence-corrected chi connectivity index (χ2v) is 4.79. The van der Waals surface area contributed by atoms with Crippen molar-refractivity contribution in [2.24, 2.45) is 0 Å². The molecule has 0 bridgehead atoms. The summed E-state index contributed by atoms with van der Waals surface area (Å²) in [5.74, 6) is -0.196. The van der Waals surface area contributed by atoms with Gasteiger partial charge in [0.2, 0.25) is 11.8 Å². The SMILES string of the molecule is CN(C)C(=O)CCNC(=O)COC(C)(C)C. The average Bonchev–Trinajstić information content (AvgIpc) is 2.13. The lowest BCUT2D eigenvalue weighted by molar-refractivity contribution is -0.131. The summed E-state index contributed by atoms with van der Waals surface area (Å²) in [6.07, 6.45) is 0.314. The highest BCUT2D eigenvalue weighted by Gasteiger charge is 2.12. The maximum atomic E-state index is 11.3. The Kier molecular flexibility index (Phi) is 6.03. The molecule has 0 fully saturated rings. The van der Waals surface area contributed by atoms with E-state index in [2.05, 4.69) is 5.32 Å². The highest BCUT2D eigenvalue weighted by Crippen LogP contribution is 2.05. The number of ether oxygens (including phenoxy) is 1. The van der Waals surface area contributed by atoms with Gasteiger partial charge >= 0.3 is 0 Å². The molecule has 0 unspecified atom stereocenters. The molecule has 0 atom stereocenters. The molecule has 5 nitrogen and oxygen atoms in total. The third kappa shape index (κ3) is 8.23.